The molecule has 0 spiro atoms. The maximum Gasteiger partial charge on any atom is 0.0664 e. The second kappa shape index (κ2) is 3.88. The van der Waals surface area contributed by atoms with Gasteiger partial charge in [-0.2, -0.15) is 0 Å². The Morgan fingerprint density at radius 3 is 2.55 bits per heavy atom. The summed E-state index contributed by atoms with van der Waals surface area (Å²) in [5, 5.41) is 3.31. The molecular formula is C9H18N2. The first-order valence-electron chi connectivity index (χ1n) is 4.42. The third kappa shape index (κ3) is 2.64. The summed E-state index contributed by atoms with van der Waals surface area (Å²) in [4.78, 5) is 0. The molecule has 3 N–H and O–H groups in total. The summed E-state index contributed by atoms with van der Waals surface area (Å²) < 4.78 is 0. The lowest BCUT2D eigenvalue weighted by atomic mass is 9.90. The van der Waals surface area contributed by atoms with Gasteiger partial charge in [-0.05, 0) is 12.8 Å². The molecule has 11 heavy (non-hydrogen) atoms. The van der Waals surface area contributed by atoms with Crippen molar-refractivity contribution in [1.29, 1.82) is 0 Å². The Kier molecular flexibility index (Phi) is 3.09. The molecule has 0 aromatic carbocycles. The molecule has 0 bridgehead atoms. The van der Waals surface area contributed by atoms with Crippen molar-refractivity contribution in [1.82, 2.24) is 5.32 Å². The van der Waals surface area contributed by atoms with Gasteiger partial charge in [0.25, 0.3) is 0 Å². The Balaban J connectivity index is 2.30. The lowest BCUT2D eigenvalue weighted by Crippen LogP contribution is -2.54. The third-order valence-corrected chi connectivity index (χ3v) is 2.34. The highest BCUT2D eigenvalue weighted by Crippen LogP contribution is 2.23. The fourth-order valence-corrected chi connectivity index (χ4v) is 1.63. The second-order valence-corrected chi connectivity index (χ2v) is 3.39. The molecule has 0 aromatic heterocycles. The van der Waals surface area contributed by atoms with Gasteiger partial charge >= 0.3 is 0 Å². The molecule has 0 aromatic rings. The average molecular weight is 154 g/mol. The van der Waals surface area contributed by atoms with E-state index < -0.39 is 0 Å². The van der Waals surface area contributed by atoms with Crippen LogP contribution in [0.3, 0.4) is 0 Å². The molecular weight excluding hydrogens is 136 g/mol. The van der Waals surface area contributed by atoms with Crippen LogP contribution in [0.25, 0.3) is 0 Å². The monoisotopic (exact) mass is 154 g/mol. The summed E-state index contributed by atoms with van der Waals surface area (Å²) in [5.41, 5.74) is 6.00. The van der Waals surface area contributed by atoms with E-state index in [4.69, 9.17) is 5.73 Å². The van der Waals surface area contributed by atoms with Gasteiger partial charge in [0, 0.05) is 6.54 Å². The van der Waals surface area contributed by atoms with Crippen molar-refractivity contribution >= 4 is 0 Å². The summed E-state index contributed by atoms with van der Waals surface area (Å²) in [5.74, 6) is 0. The summed E-state index contributed by atoms with van der Waals surface area (Å²) >= 11 is 0. The maximum atomic E-state index is 6.09. The lowest BCUT2D eigenvalue weighted by Gasteiger charge is -2.34. The average Bonchev–Trinajstić information content (AvgIpc) is 2.03. The third-order valence-electron chi connectivity index (χ3n) is 2.34. The fourth-order valence-electron chi connectivity index (χ4n) is 1.63. The SMILES string of the molecule is C=CCNC1(N)CCCCC1. The maximum absolute atomic E-state index is 6.09. The second-order valence-electron chi connectivity index (χ2n) is 3.39. The van der Waals surface area contributed by atoms with E-state index in [0.29, 0.717) is 0 Å². The predicted octanol–water partition coefficient (Wildman–Crippen LogP) is 1.38. The van der Waals surface area contributed by atoms with Crippen LogP contribution in [0.4, 0.5) is 0 Å². The van der Waals surface area contributed by atoms with Gasteiger partial charge in [0.1, 0.15) is 0 Å². The van der Waals surface area contributed by atoms with Gasteiger partial charge in [0.15, 0.2) is 0 Å². The molecule has 0 aliphatic heterocycles. The van der Waals surface area contributed by atoms with E-state index in [-0.39, 0.29) is 5.66 Å². The van der Waals surface area contributed by atoms with Crippen LogP contribution in [-0.2, 0) is 0 Å². The van der Waals surface area contributed by atoms with E-state index in [1.54, 1.807) is 0 Å². The molecule has 2 heteroatoms. The lowest BCUT2D eigenvalue weighted by molar-refractivity contribution is 0.247. The Morgan fingerprint density at radius 2 is 2.00 bits per heavy atom. The zero-order valence-electron chi connectivity index (χ0n) is 7.10. The van der Waals surface area contributed by atoms with Crippen LogP contribution >= 0.6 is 0 Å². The predicted molar refractivity (Wildman–Crippen MR) is 48.2 cm³/mol. The highest BCUT2D eigenvalue weighted by Gasteiger charge is 2.25. The molecule has 2 nitrogen and oxygen atoms in total. The quantitative estimate of drug-likeness (QED) is 0.476. The first kappa shape index (κ1) is 8.75. The van der Waals surface area contributed by atoms with Crippen molar-refractivity contribution in [2.45, 2.75) is 37.8 Å². The highest BCUT2D eigenvalue weighted by atomic mass is 15.1. The van der Waals surface area contributed by atoms with E-state index in [2.05, 4.69) is 11.9 Å². The molecule has 0 atom stereocenters. The van der Waals surface area contributed by atoms with Gasteiger partial charge in [-0.1, -0.05) is 25.3 Å². The Morgan fingerprint density at radius 1 is 1.36 bits per heavy atom. The first-order valence-corrected chi connectivity index (χ1v) is 4.42. The Hall–Kier alpha value is -0.340. The minimum absolute atomic E-state index is 0.0908. The van der Waals surface area contributed by atoms with Crippen LogP contribution in [0.1, 0.15) is 32.1 Å². The van der Waals surface area contributed by atoms with E-state index >= 15 is 0 Å². The van der Waals surface area contributed by atoms with Crippen LogP contribution < -0.4 is 11.1 Å². The molecule has 1 aliphatic rings. The van der Waals surface area contributed by atoms with Crippen molar-refractivity contribution in [3.8, 4) is 0 Å². The van der Waals surface area contributed by atoms with Crippen LogP contribution in [0.2, 0.25) is 0 Å². The summed E-state index contributed by atoms with van der Waals surface area (Å²) in [7, 11) is 0. The molecule has 1 aliphatic carbocycles. The van der Waals surface area contributed by atoms with Gasteiger partial charge in [-0.3, -0.25) is 5.32 Å². The van der Waals surface area contributed by atoms with Crippen molar-refractivity contribution in [3.05, 3.63) is 12.7 Å². The molecule has 0 saturated heterocycles. The number of hydrogen-bond acceptors (Lipinski definition) is 2. The summed E-state index contributed by atoms with van der Waals surface area (Å²) in [6.07, 6.45) is 7.96. The number of nitrogens with one attached hydrogen (secondary N) is 1. The molecule has 1 saturated carbocycles. The van der Waals surface area contributed by atoms with Gasteiger partial charge in [-0.25, -0.2) is 0 Å². The molecule has 0 amide bonds. The topological polar surface area (TPSA) is 38.0 Å². The van der Waals surface area contributed by atoms with E-state index in [1.165, 1.54) is 19.3 Å². The number of rotatable bonds is 3. The number of hydrogen-bond donors (Lipinski definition) is 2. The standard InChI is InChI=1S/C9H18N2/c1-2-8-11-9(10)6-4-3-5-7-9/h2,11H,1,3-8,10H2. The van der Waals surface area contributed by atoms with Crippen LogP contribution in [0.5, 0.6) is 0 Å². The molecule has 0 unspecified atom stereocenters. The molecule has 1 rings (SSSR count). The summed E-state index contributed by atoms with van der Waals surface area (Å²) in [6, 6.07) is 0. The number of nitrogens with two attached hydrogens (primary N) is 1. The van der Waals surface area contributed by atoms with Crippen LogP contribution in [0, 0.1) is 0 Å². The van der Waals surface area contributed by atoms with Crippen molar-refractivity contribution in [3.63, 3.8) is 0 Å². The van der Waals surface area contributed by atoms with Gasteiger partial charge < -0.3 is 5.73 Å². The van der Waals surface area contributed by atoms with Crippen molar-refractivity contribution in [2.24, 2.45) is 5.73 Å². The fraction of sp³-hybridized carbons (Fsp3) is 0.778. The van der Waals surface area contributed by atoms with E-state index in [0.717, 1.165) is 19.4 Å². The molecule has 0 radical (unpaired) electrons. The Bertz CT molecular complexity index is 126. The minimum Gasteiger partial charge on any atom is -0.313 e. The molecule has 1 fully saturated rings. The van der Waals surface area contributed by atoms with E-state index in [9.17, 15) is 0 Å². The van der Waals surface area contributed by atoms with Crippen LogP contribution in [0.15, 0.2) is 12.7 Å². The van der Waals surface area contributed by atoms with E-state index in [1.807, 2.05) is 6.08 Å². The van der Waals surface area contributed by atoms with Crippen molar-refractivity contribution in [2.75, 3.05) is 6.54 Å². The first-order chi connectivity index (χ1) is 5.27. The zero-order valence-corrected chi connectivity index (χ0v) is 7.10. The zero-order chi connectivity index (χ0) is 8.16. The van der Waals surface area contributed by atoms with Gasteiger partial charge in [0.2, 0.25) is 0 Å². The summed E-state index contributed by atoms with van der Waals surface area (Å²) in [6.45, 7) is 4.49. The molecule has 0 heterocycles. The highest BCUT2D eigenvalue weighted by molar-refractivity contribution is 4.87. The van der Waals surface area contributed by atoms with Gasteiger partial charge in [0.05, 0.1) is 5.66 Å². The minimum atomic E-state index is -0.0908. The molecule has 64 valence electrons. The normalized spacial score (nSPS) is 23.0. The largest absolute Gasteiger partial charge is 0.313 e. The van der Waals surface area contributed by atoms with Crippen LogP contribution in [-0.4, -0.2) is 12.2 Å². The Labute approximate surface area is 68.9 Å². The van der Waals surface area contributed by atoms with Crippen molar-refractivity contribution < 1.29 is 0 Å². The van der Waals surface area contributed by atoms with Gasteiger partial charge in [-0.15, -0.1) is 6.58 Å². The smallest absolute Gasteiger partial charge is 0.0664 e.